The van der Waals surface area contributed by atoms with Crippen LogP contribution in [0.3, 0.4) is 0 Å². The summed E-state index contributed by atoms with van der Waals surface area (Å²) in [6, 6.07) is 6.91. The minimum Gasteiger partial charge on any atom is -0.376 e. The van der Waals surface area contributed by atoms with Crippen molar-refractivity contribution in [3.05, 3.63) is 47.5 Å². The van der Waals surface area contributed by atoms with Crippen LogP contribution in [-0.4, -0.2) is 23.5 Å². The van der Waals surface area contributed by atoms with Gasteiger partial charge in [0.15, 0.2) is 0 Å². The summed E-state index contributed by atoms with van der Waals surface area (Å²) in [4.78, 5) is 14.3. The van der Waals surface area contributed by atoms with Crippen molar-refractivity contribution in [2.75, 3.05) is 6.61 Å². The molecule has 1 amide bonds. The molecule has 1 heterocycles. The van der Waals surface area contributed by atoms with Crippen LogP contribution in [0.5, 0.6) is 0 Å². The lowest BCUT2D eigenvalue weighted by Crippen LogP contribution is -2.37. The SMILES string of the molecule is C=CC(=O)N(Cc1ccc2c(c1)COCC2)C1CCC(C)C1. The summed E-state index contributed by atoms with van der Waals surface area (Å²) in [5, 5.41) is 0. The summed E-state index contributed by atoms with van der Waals surface area (Å²) in [5.41, 5.74) is 3.85. The van der Waals surface area contributed by atoms with Crippen LogP contribution in [0.2, 0.25) is 0 Å². The Kier molecular flexibility index (Phi) is 4.63. The molecule has 1 saturated carbocycles. The number of ether oxygens (including phenoxy) is 1. The normalized spacial score (nSPS) is 23.9. The van der Waals surface area contributed by atoms with E-state index in [4.69, 9.17) is 4.74 Å². The van der Waals surface area contributed by atoms with Gasteiger partial charge in [0.05, 0.1) is 13.2 Å². The van der Waals surface area contributed by atoms with Gasteiger partial charge in [-0.25, -0.2) is 0 Å². The number of nitrogens with zero attached hydrogens (tertiary/aromatic N) is 1. The summed E-state index contributed by atoms with van der Waals surface area (Å²) in [6.07, 6.45) is 5.86. The van der Waals surface area contributed by atoms with Crippen molar-refractivity contribution < 1.29 is 9.53 Å². The van der Waals surface area contributed by atoms with Gasteiger partial charge in [-0.15, -0.1) is 0 Å². The highest BCUT2D eigenvalue weighted by atomic mass is 16.5. The van der Waals surface area contributed by atoms with E-state index >= 15 is 0 Å². The highest BCUT2D eigenvalue weighted by Crippen LogP contribution is 2.30. The van der Waals surface area contributed by atoms with Crippen molar-refractivity contribution in [2.24, 2.45) is 5.92 Å². The van der Waals surface area contributed by atoms with Gasteiger partial charge in [-0.1, -0.05) is 31.7 Å². The molecular weight excluding hydrogens is 274 g/mol. The molecular formula is C19H25NO2. The van der Waals surface area contributed by atoms with E-state index in [0.29, 0.717) is 25.1 Å². The molecule has 0 aromatic heterocycles. The van der Waals surface area contributed by atoms with E-state index in [1.807, 2.05) is 4.90 Å². The third kappa shape index (κ3) is 3.25. The van der Waals surface area contributed by atoms with E-state index in [1.54, 1.807) is 0 Å². The smallest absolute Gasteiger partial charge is 0.246 e. The van der Waals surface area contributed by atoms with Gasteiger partial charge in [0.2, 0.25) is 5.91 Å². The Morgan fingerprint density at radius 2 is 2.27 bits per heavy atom. The highest BCUT2D eigenvalue weighted by molar-refractivity contribution is 5.87. The molecule has 1 aliphatic heterocycles. The number of benzene rings is 1. The van der Waals surface area contributed by atoms with Crippen LogP contribution >= 0.6 is 0 Å². The summed E-state index contributed by atoms with van der Waals surface area (Å²) in [6.45, 7) is 8.13. The van der Waals surface area contributed by atoms with Crippen molar-refractivity contribution in [3.8, 4) is 0 Å². The first-order chi connectivity index (χ1) is 10.7. The van der Waals surface area contributed by atoms with Crippen LogP contribution in [-0.2, 0) is 29.1 Å². The number of rotatable bonds is 4. The Bertz CT molecular complexity index is 567. The predicted molar refractivity (Wildman–Crippen MR) is 87.4 cm³/mol. The molecule has 118 valence electrons. The molecule has 2 unspecified atom stereocenters. The Morgan fingerprint density at radius 3 is 3.00 bits per heavy atom. The molecule has 2 atom stereocenters. The molecule has 0 saturated heterocycles. The first-order valence-electron chi connectivity index (χ1n) is 8.29. The standard InChI is InChI=1S/C19H25NO2/c1-3-19(21)20(18-7-4-14(2)10-18)12-15-5-6-16-8-9-22-13-17(16)11-15/h3,5-6,11,14,18H,1,4,7-10,12-13H2,2H3. The van der Waals surface area contributed by atoms with E-state index in [-0.39, 0.29) is 5.91 Å². The number of hydrogen-bond acceptors (Lipinski definition) is 2. The van der Waals surface area contributed by atoms with Crippen LogP contribution in [0.15, 0.2) is 30.9 Å². The second-order valence-electron chi connectivity index (χ2n) is 6.65. The van der Waals surface area contributed by atoms with Gasteiger partial charge >= 0.3 is 0 Å². The van der Waals surface area contributed by atoms with Gasteiger partial charge in [0, 0.05) is 12.6 Å². The lowest BCUT2D eigenvalue weighted by atomic mass is 10.00. The lowest BCUT2D eigenvalue weighted by Gasteiger charge is -2.29. The van der Waals surface area contributed by atoms with Crippen LogP contribution in [0.4, 0.5) is 0 Å². The van der Waals surface area contributed by atoms with Crippen LogP contribution < -0.4 is 0 Å². The van der Waals surface area contributed by atoms with Gasteiger partial charge in [0.25, 0.3) is 0 Å². The summed E-state index contributed by atoms with van der Waals surface area (Å²) >= 11 is 0. The zero-order chi connectivity index (χ0) is 15.5. The van der Waals surface area contributed by atoms with Crippen molar-refractivity contribution >= 4 is 5.91 Å². The maximum atomic E-state index is 12.3. The largest absolute Gasteiger partial charge is 0.376 e. The molecule has 2 aliphatic rings. The second-order valence-corrected chi connectivity index (χ2v) is 6.65. The Morgan fingerprint density at radius 1 is 1.41 bits per heavy atom. The quantitative estimate of drug-likeness (QED) is 0.797. The molecule has 0 N–H and O–H groups in total. The third-order valence-corrected chi connectivity index (χ3v) is 4.96. The third-order valence-electron chi connectivity index (χ3n) is 4.96. The van der Waals surface area contributed by atoms with Crippen LogP contribution in [0.1, 0.15) is 42.9 Å². The Hall–Kier alpha value is -1.61. The monoisotopic (exact) mass is 299 g/mol. The molecule has 0 spiro atoms. The molecule has 0 bridgehead atoms. The minimum absolute atomic E-state index is 0.0491. The van der Waals surface area contributed by atoms with Crippen molar-refractivity contribution in [1.29, 1.82) is 0 Å². The van der Waals surface area contributed by atoms with Gasteiger partial charge < -0.3 is 9.64 Å². The van der Waals surface area contributed by atoms with E-state index in [1.165, 1.54) is 29.2 Å². The molecule has 3 rings (SSSR count). The number of carbonyl (C=O) groups is 1. The molecule has 1 aromatic carbocycles. The van der Waals surface area contributed by atoms with Crippen molar-refractivity contribution in [3.63, 3.8) is 0 Å². The van der Waals surface area contributed by atoms with Gasteiger partial charge in [-0.3, -0.25) is 4.79 Å². The van der Waals surface area contributed by atoms with Gasteiger partial charge in [0.1, 0.15) is 0 Å². The lowest BCUT2D eigenvalue weighted by molar-refractivity contribution is -0.128. The summed E-state index contributed by atoms with van der Waals surface area (Å²) in [5.74, 6) is 0.759. The zero-order valence-electron chi connectivity index (χ0n) is 13.4. The molecule has 0 radical (unpaired) electrons. The molecule has 22 heavy (non-hydrogen) atoms. The first-order valence-corrected chi connectivity index (χ1v) is 8.29. The maximum absolute atomic E-state index is 12.3. The van der Waals surface area contributed by atoms with E-state index < -0.39 is 0 Å². The molecule has 3 heteroatoms. The number of fused-ring (bicyclic) bond motifs is 1. The fourth-order valence-electron chi connectivity index (χ4n) is 3.68. The predicted octanol–water partition coefficient (Wildman–Crippen LogP) is 3.46. The fourth-order valence-corrected chi connectivity index (χ4v) is 3.68. The zero-order valence-corrected chi connectivity index (χ0v) is 13.4. The molecule has 1 aromatic rings. The summed E-state index contributed by atoms with van der Waals surface area (Å²) in [7, 11) is 0. The van der Waals surface area contributed by atoms with Crippen LogP contribution in [0.25, 0.3) is 0 Å². The number of hydrogen-bond donors (Lipinski definition) is 0. The van der Waals surface area contributed by atoms with E-state index in [9.17, 15) is 4.79 Å². The molecule has 3 nitrogen and oxygen atoms in total. The van der Waals surface area contributed by atoms with Gasteiger partial charge in [-0.2, -0.15) is 0 Å². The summed E-state index contributed by atoms with van der Waals surface area (Å²) < 4.78 is 5.54. The van der Waals surface area contributed by atoms with E-state index in [0.717, 1.165) is 25.9 Å². The average Bonchev–Trinajstić information content (AvgIpc) is 2.98. The topological polar surface area (TPSA) is 29.5 Å². The first kappa shape index (κ1) is 15.3. The fraction of sp³-hybridized carbons (Fsp3) is 0.526. The molecule has 1 aliphatic carbocycles. The van der Waals surface area contributed by atoms with Crippen molar-refractivity contribution in [1.82, 2.24) is 4.90 Å². The number of carbonyl (C=O) groups excluding carboxylic acids is 1. The Balaban J connectivity index is 1.78. The Labute approximate surface area is 133 Å². The average molecular weight is 299 g/mol. The maximum Gasteiger partial charge on any atom is 0.246 e. The van der Waals surface area contributed by atoms with Gasteiger partial charge in [-0.05, 0) is 54.4 Å². The van der Waals surface area contributed by atoms with Crippen molar-refractivity contribution in [2.45, 2.75) is 51.8 Å². The second kappa shape index (κ2) is 6.66. The molecule has 1 fully saturated rings. The van der Waals surface area contributed by atoms with E-state index in [2.05, 4.69) is 31.7 Å². The number of amides is 1. The van der Waals surface area contributed by atoms with Crippen LogP contribution in [0, 0.1) is 5.92 Å². The minimum atomic E-state index is 0.0491. The highest BCUT2D eigenvalue weighted by Gasteiger charge is 2.29.